The van der Waals surface area contributed by atoms with E-state index in [-0.39, 0.29) is 18.0 Å². The Bertz CT molecular complexity index is 695. The van der Waals surface area contributed by atoms with Crippen LogP contribution in [0.5, 0.6) is 0 Å². The van der Waals surface area contributed by atoms with E-state index in [0.717, 1.165) is 44.7 Å². The molecule has 2 aliphatic heterocycles. The van der Waals surface area contributed by atoms with Crippen molar-refractivity contribution in [2.45, 2.75) is 58.6 Å². The van der Waals surface area contributed by atoms with Gasteiger partial charge in [0.2, 0.25) is 0 Å². The Balaban J connectivity index is 1.61. The molecule has 1 aromatic rings. The van der Waals surface area contributed by atoms with Gasteiger partial charge in [-0.15, -0.1) is 0 Å². The first-order valence-corrected chi connectivity index (χ1v) is 10.8. The zero-order valence-corrected chi connectivity index (χ0v) is 18.2. The minimum atomic E-state index is -0.484. The van der Waals surface area contributed by atoms with Crippen LogP contribution < -0.4 is 0 Å². The number of carbonyl (C=O) groups excluding carboxylic acids is 2. The highest BCUT2D eigenvalue weighted by atomic mass is 16.6. The third-order valence-electron chi connectivity index (χ3n) is 5.68. The maximum Gasteiger partial charge on any atom is 0.410 e. The van der Waals surface area contributed by atoms with Crippen LogP contribution in [0.1, 0.15) is 63.5 Å². The number of piperidine rings is 1. The zero-order valence-electron chi connectivity index (χ0n) is 18.2. The second kappa shape index (κ2) is 9.20. The van der Waals surface area contributed by atoms with Crippen LogP contribution in [0, 0.1) is 5.92 Å². The molecular formula is C22H35N3O4. The van der Waals surface area contributed by atoms with Gasteiger partial charge in [0.25, 0.3) is 5.91 Å². The van der Waals surface area contributed by atoms with Crippen LogP contribution >= 0.6 is 0 Å². The molecule has 1 aromatic heterocycles. The van der Waals surface area contributed by atoms with Gasteiger partial charge in [0.05, 0.1) is 6.61 Å². The van der Waals surface area contributed by atoms with Crippen molar-refractivity contribution < 1.29 is 19.1 Å². The molecule has 0 spiro atoms. The summed E-state index contributed by atoms with van der Waals surface area (Å²) in [6.45, 7) is 11.9. The summed E-state index contributed by atoms with van der Waals surface area (Å²) in [4.78, 5) is 29.2. The molecule has 3 rings (SSSR count). The highest BCUT2D eigenvalue weighted by Crippen LogP contribution is 2.26. The fourth-order valence-electron chi connectivity index (χ4n) is 4.10. The second-order valence-corrected chi connectivity index (χ2v) is 9.07. The molecule has 1 atom stereocenters. The van der Waals surface area contributed by atoms with Crippen LogP contribution in [0.25, 0.3) is 0 Å². The van der Waals surface area contributed by atoms with Gasteiger partial charge in [-0.2, -0.15) is 0 Å². The molecule has 1 unspecified atom stereocenters. The lowest BCUT2D eigenvalue weighted by molar-refractivity contribution is 0.0186. The lowest BCUT2D eigenvalue weighted by Crippen LogP contribution is -2.42. The molecule has 0 aromatic carbocycles. The molecule has 0 saturated carbocycles. The van der Waals surface area contributed by atoms with Gasteiger partial charge < -0.3 is 23.8 Å². The summed E-state index contributed by atoms with van der Waals surface area (Å²) in [6, 6.07) is 4.08. The third kappa shape index (κ3) is 5.53. The first-order chi connectivity index (χ1) is 13.8. The van der Waals surface area contributed by atoms with Gasteiger partial charge in [-0.3, -0.25) is 4.79 Å². The summed E-state index contributed by atoms with van der Waals surface area (Å²) in [5.41, 5.74) is 0.253. The molecule has 0 aliphatic carbocycles. The summed E-state index contributed by atoms with van der Waals surface area (Å²) in [6.07, 6.45) is 4.39. The fraction of sp³-hybridized carbons (Fsp3) is 0.727. The van der Waals surface area contributed by atoms with Crippen LogP contribution in [0.3, 0.4) is 0 Å². The van der Waals surface area contributed by atoms with Crippen LogP contribution in [-0.2, 0) is 9.47 Å². The molecule has 2 saturated heterocycles. The van der Waals surface area contributed by atoms with Gasteiger partial charge >= 0.3 is 6.09 Å². The number of hydrogen-bond acceptors (Lipinski definition) is 4. The maximum absolute atomic E-state index is 13.2. The Morgan fingerprint density at radius 1 is 1.24 bits per heavy atom. The van der Waals surface area contributed by atoms with Crippen molar-refractivity contribution in [3.63, 3.8) is 0 Å². The number of likely N-dealkylation sites (tertiary alicyclic amines) is 1. The van der Waals surface area contributed by atoms with E-state index in [1.807, 2.05) is 50.9 Å². The average molecular weight is 406 g/mol. The summed E-state index contributed by atoms with van der Waals surface area (Å²) in [5.74, 6) is 0.512. The van der Waals surface area contributed by atoms with Crippen LogP contribution in [0.15, 0.2) is 18.3 Å². The van der Waals surface area contributed by atoms with E-state index in [9.17, 15) is 9.59 Å². The number of rotatable bonds is 5. The average Bonchev–Trinajstić information content (AvgIpc) is 3.36. The van der Waals surface area contributed by atoms with Gasteiger partial charge in [-0.25, -0.2) is 4.79 Å². The molecule has 162 valence electrons. The van der Waals surface area contributed by atoms with Crippen molar-refractivity contribution in [2.75, 3.05) is 39.4 Å². The highest BCUT2D eigenvalue weighted by molar-refractivity contribution is 5.92. The summed E-state index contributed by atoms with van der Waals surface area (Å²) >= 11 is 0. The highest BCUT2D eigenvalue weighted by Gasteiger charge is 2.30. The first-order valence-electron chi connectivity index (χ1n) is 10.8. The lowest BCUT2D eigenvalue weighted by atomic mass is 10.0. The Hall–Kier alpha value is -2.02. The van der Waals surface area contributed by atoms with Crippen LogP contribution in [0.4, 0.5) is 4.79 Å². The topological polar surface area (TPSA) is 64.0 Å². The molecule has 3 heterocycles. The second-order valence-electron chi connectivity index (χ2n) is 9.07. The Labute approximate surface area is 173 Å². The van der Waals surface area contributed by atoms with Crippen molar-refractivity contribution in [3.8, 4) is 0 Å². The van der Waals surface area contributed by atoms with Gasteiger partial charge in [-0.05, 0) is 59.1 Å². The maximum atomic E-state index is 13.2. The number of nitrogens with zero attached hydrogens (tertiary/aromatic N) is 3. The van der Waals surface area contributed by atoms with Crippen molar-refractivity contribution in [2.24, 2.45) is 5.92 Å². The Kier molecular flexibility index (Phi) is 6.88. The van der Waals surface area contributed by atoms with Gasteiger partial charge in [0, 0.05) is 50.9 Å². The van der Waals surface area contributed by atoms with E-state index >= 15 is 0 Å². The summed E-state index contributed by atoms with van der Waals surface area (Å²) < 4.78 is 13.0. The van der Waals surface area contributed by atoms with Gasteiger partial charge in [0.1, 0.15) is 11.3 Å². The molecular weight excluding hydrogens is 370 g/mol. The number of aromatic nitrogens is 1. The number of hydrogen-bond donors (Lipinski definition) is 0. The van der Waals surface area contributed by atoms with E-state index in [0.29, 0.717) is 25.6 Å². The first kappa shape index (κ1) is 21.7. The van der Waals surface area contributed by atoms with Crippen LogP contribution in [-0.4, -0.2) is 71.4 Å². The predicted molar refractivity (Wildman–Crippen MR) is 111 cm³/mol. The lowest BCUT2D eigenvalue weighted by Gasteiger charge is -2.35. The van der Waals surface area contributed by atoms with E-state index in [4.69, 9.17) is 9.47 Å². The fourth-order valence-corrected chi connectivity index (χ4v) is 4.10. The molecule has 7 nitrogen and oxygen atoms in total. The van der Waals surface area contributed by atoms with Crippen molar-refractivity contribution in [1.29, 1.82) is 0 Å². The number of carbonyl (C=O) groups is 2. The van der Waals surface area contributed by atoms with Crippen molar-refractivity contribution >= 4 is 12.0 Å². The monoisotopic (exact) mass is 405 g/mol. The van der Waals surface area contributed by atoms with Crippen LogP contribution in [0.2, 0.25) is 0 Å². The van der Waals surface area contributed by atoms with Crippen molar-refractivity contribution in [3.05, 3.63) is 24.0 Å². The molecule has 2 aliphatic rings. The van der Waals surface area contributed by atoms with Crippen molar-refractivity contribution in [1.82, 2.24) is 14.4 Å². The molecule has 2 fully saturated rings. The normalized spacial score (nSPS) is 20.7. The third-order valence-corrected chi connectivity index (χ3v) is 5.68. The molecule has 0 radical (unpaired) electrons. The minimum absolute atomic E-state index is 0.0824. The summed E-state index contributed by atoms with van der Waals surface area (Å²) in [7, 11) is 0. The van der Waals surface area contributed by atoms with E-state index < -0.39 is 5.60 Å². The van der Waals surface area contributed by atoms with E-state index in [2.05, 4.69) is 4.57 Å². The molecule has 0 bridgehead atoms. The minimum Gasteiger partial charge on any atom is -0.444 e. The Morgan fingerprint density at radius 2 is 1.97 bits per heavy atom. The molecule has 0 N–H and O–H groups in total. The molecule has 2 amide bonds. The smallest absolute Gasteiger partial charge is 0.410 e. The molecule has 7 heteroatoms. The van der Waals surface area contributed by atoms with Gasteiger partial charge in [0.15, 0.2) is 0 Å². The van der Waals surface area contributed by atoms with Gasteiger partial charge in [-0.1, -0.05) is 0 Å². The summed E-state index contributed by atoms with van der Waals surface area (Å²) in [5, 5.41) is 0. The number of ether oxygens (including phenoxy) is 2. The Morgan fingerprint density at radius 3 is 2.55 bits per heavy atom. The zero-order chi connectivity index (χ0) is 21.0. The molecule has 29 heavy (non-hydrogen) atoms. The predicted octanol–water partition coefficient (Wildman–Crippen LogP) is 3.56. The largest absolute Gasteiger partial charge is 0.444 e. The van der Waals surface area contributed by atoms with E-state index in [1.54, 1.807) is 4.90 Å². The standard InChI is InChI=1S/C22H35N3O4/c1-5-23(15-17-10-14-28-16-17)20(26)19-7-6-11-25(19)18-8-12-24(13-9-18)21(27)29-22(2,3)4/h6-7,11,17-18H,5,8-10,12-16H2,1-4H3. The number of amides is 2. The quantitative estimate of drug-likeness (QED) is 0.751. The SMILES string of the molecule is CCN(CC1CCOC1)C(=O)c1cccn1C1CCN(C(=O)OC(C)(C)C)CC1. The van der Waals surface area contributed by atoms with E-state index in [1.165, 1.54) is 0 Å².